The van der Waals surface area contributed by atoms with E-state index >= 15 is 0 Å². The molecule has 0 saturated heterocycles. The average molecular weight is 263 g/mol. The summed E-state index contributed by atoms with van der Waals surface area (Å²) in [4.78, 5) is 11.6. The van der Waals surface area contributed by atoms with Crippen LogP contribution in [0.2, 0.25) is 5.02 Å². The quantitative estimate of drug-likeness (QED) is 0.830. The van der Waals surface area contributed by atoms with Crippen LogP contribution in [0.15, 0.2) is 17.7 Å². The van der Waals surface area contributed by atoms with Crippen LogP contribution in [0.25, 0.3) is 5.57 Å². The first-order valence-electron chi connectivity index (χ1n) is 6.81. The molecule has 1 unspecified atom stereocenters. The molecule has 0 fully saturated rings. The van der Waals surface area contributed by atoms with Gasteiger partial charge in [0, 0.05) is 5.02 Å². The van der Waals surface area contributed by atoms with Crippen molar-refractivity contribution in [3.8, 4) is 0 Å². The van der Waals surface area contributed by atoms with Crippen molar-refractivity contribution in [3.05, 3.63) is 39.4 Å². The molecule has 0 radical (unpaired) electrons. The molecule has 1 atom stereocenters. The summed E-state index contributed by atoms with van der Waals surface area (Å²) >= 11 is 6.13. The predicted molar refractivity (Wildman–Crippen MR) is 73.3 cm³/mol. The second-order valence-electron chi connectivity index (χ2n) is 5.18. The van der Waals surface area contributed by atoms with Gasteiger partial charge in [-0.3, -0.25) is 4.79 Å². The Hall–Kier alpha value is -1.28. The Bertz CT molecular complexity index is 621. The number of primary amides is 1. The highest BCUT2D eigenvalue weighted by molar-refractivity contribution is 6.30. The molecule has 0 aliphatic heterocycles. The molecule has 0 aromatic heterocycles. The lowest BCUT2D eigenvalue weighted by molar-refractivity contribution is -0.121. The molecule has 0 bridgehead atoms. The Kier molecular flexibility index (Phi) is 2.44. The Morgan fingerprint density at radius 1 is 1.61 bits per heavy atom. The van der Waals surface area contributed by atoms with Crippen LogP contribution < -0.4 is 5.73 Å². The van der Waals surface area contributed by atoms with Crippen LogP contribution in [0, 0.1) is 12.8 Å². The third-order valence-corrected chi connectivity index (χ3v) is 4.31. The Morgan fingerprint density at radius 2 is 2.39 bits per heavy atom. The molecule has 0 saturated carbocycles. The van der Waals surface area contributed by atoms with Crippen LogP contribution in [0.4, 0.5) is 0 Å². The predicted octanol–water partition coefficient (Wildman–Crippen LogP) is 3.24. The van der Waals surface area contributed by atoms with Crippen LogP contribution in [-0.2, 0) is 11.2 Å². The number of fused-ring (bicyclic) bond motifs is 2. The maximum atomic E-state index is 11.6. The molecule has 1 amide bonds. The third-order valence-electron chi connectivity index (χ3n) is 4.11. The molecule has 3 rings (SSSR count). The SMILES string of the molecule is [2H]c1c(Cl)cc(C)c2c1C1=C(C2)C(C(N)=O)CCC1. The van der Waals surface area contributed by atoms with E-state index in [4.69, 9.17) is 18.7 Å². The summed E-state index contributed by atoms with van der Waals surface area (Å²) in [6, 6.07) is 2.25. The van der Waals surface area contributed by atoms with E-state index < -0.39 is 0 Å². The summed E-state index contributed by atoms with van der Waals surface area (Å²) in [6.45, 7) is 2.02. The lowest BCUT2D eigenvalue weighted by Crippen LogP contribution is -2.27. The normalized spacial score (nSPS) is 22.6. The highest BCUT2D eigenvalue weighted by Crippen LogP contribution is 2.45. The zero-order valence-electron chi connectivity index (χ0n) is 11.3. The number of halogens is 1. The van der Waals surface area contributed by atoms with Crippen molar-refractivity contribution in [2.75, 3.05) is 0 Å². The minimum absolute atomic E-state index is 0.159. The van der Waals surface area contributed by atoms with Gasteiger partial charge in [-0.1, -0.05) is 11.6 Å². The van der Waals surface area contributed by atoms with Gasteiger partial charge in [0.15, 0.2) is 0 Å². The van der Waals surface area contributed by atoms with Crippen molar-refractivity contribution < 1.29 is 6.17 Å². The van der Waals surface area contributed by atoms with Crippen molar-refractivity contribution in [2.24, 2.45) is 11.7 Å². The fourth-order valence-electron chi connectivity index (χ4n) is 3.24. The molecule has 0 spiro atoms. The van der Waals surface area contributed by atoms with E-state index in [0.29, 0.717) is 11.1 Å². The zero-order chi connectivity index (χ0) is 13.7. The number of hydrogen-bond acceptors (Lipinski definition) is 1. The van der Waals surface area contributed by atoms with Crippen LogP contribution >= 0.6 is 11.6 Å². The highest BCUT2D eigenvalue weighted by atomic mass is 35.5. The number of hydrogen-bond donors (Lipinski definition) is 1. The number of benzene rings is 1. The fourth-order valence-corrected chi connectivity index (χ4v) is 3.50. The molecule has 1 aromatic rings. The van der Waals surface area contributed by atoms with Gasteiger partial charge < -0.3 is 5.73 Å². The van der Waals surface area contributed by atoms with Crippen molar-refractivity contribution in [1.29, 1.82) is 0 Å². The number of carbonyl (C=O) groups is 1. The molecule has 2 aliphatic carbocycles. The van der Waals surface area contributed by atoms with Gasteiger partial charge >= 0.3 is 0 Å². The van der Waals surface area contributed by atoms with E-state index in [1.807, 2.05) is 13.0 Å². The van der Waals surface area contributed by atoms with Crippen molar-refractivity contribution in [3.63, 3.8) is 0 Å². The summed E-state index contributed by atoms with van der Waals surface area (Å²) < 4.78 is 8.19. The summed E-state index contributed by atoms with van der Waals surface area (Å²) in [6.07, 6.45) is 3.48. The van der Waals surface area contributed by atoms with E-state index in [9.17, 15) is 4.79 Å². The zero-order valence-corrected chi connectivity index (χ0v) is 11.1. The maximum Gasteiger partial charge on any atom is 0.224 e. The molecular formula is C15H16ClNO. The Morgan fingerprint density at radius 3 is 3.11 bits per heavy atom. The third kappa shape index (κ3) is 1.67. The Balaban J connectivity index is 2.20. The van der Waals surface area contributed by atoms with Crippen LogP contribution in [0.3, 0.4) is 0 Å². The molecule has 94 valence electrons. The molecular weight excluding hydrogens is 246 g/mol. The minimum Gasteiger partial charge on any atom is -0.369 e. The van der Waals surface area contributed by atoms with Crippen LogP contribution in [0.1, 0.15) is 37.3 Å². The molecule has 0 heterocycles. The summed E-state index contributed by atoms with van der Waals surface area (Å²) in [5.74, 6) is -0.399. The van der Waals surface area contributed by atoms with Crippen molar-refractivity contribution >= 4 is 23.1 Å². The molecule has 2 nitrogen and oxygen atoms in total. The second-order valence-corrected chi connectivity index (χ2v) is 5.59. The van der Waals surface area contributed by atoms with Crippen molar-refractivity contribution in [2.45, 2.75) is 32.6 Å². The summed E-state index contributed by atoms with van der Waals surface area (Å²) in [5, 5.41) is 0.492. The van der Waals surface area contributed by atoms with E-state index in [-0.39, 0.29) is 11.8 Å². The second kappa shape index (κ2) is 4.13. The van der Waals surface area contributed by atoms with Crippen molar-refractivity contribution in [1.82, 2.24) is 0 Å². The molecule has 2 N–H and O–H groups in total. The van der Waals surface area contributed by atoms with Crippen LogP contribution in [0.5, 0.6) is 0 Å². The Labute approximate surface area is 113 Å². The molecule has 3 heteroatoms. The van der Waals surface area contributed by atoms with Gasteiger partial charge in [-0.15, -0.1) is 0 Å². The summed E-state index contributed by atoms with van der Waals surface area (Å²) in [5.41, 5.74) is 11.0. The maximum absolute atomic E-state index is 11.6. The summed E-state index contributed by atoms with van der Waals surface area (Å²) in [7, 11) is 0. The van der Waals surface area contributed by atoms with Gasteiger partial charge in [0.2, 0.25) is 5.91 Å². The number of aryl methyl sites for hydroxylation is 1. The van der Waals surface area contributed by atoms with E-state index in [2.05, 4.69) is 0 Å². The average Bonchev–Trinajstić information content (AvgIpc) is 2.75. The number of nitrogens with two attached hydrogens (primary N) is 1. The number of rotatable bonds is 1. The van der Waals surface area contributed by atoms with Gasteiger partial charge in [0.1, 0.15) is 0 Å². The largest absolute Gasteiger partial charge is 0.369 e. The smallest absolute Gasteiger partial charge is 0.224 e. The first kappa shape index (κ1) is 10.6. The van der Waals surface area contributed by atoms with Gasteiger partial charge in [0.05, 0.1) is 7.29 Å². The molecule has 2 aliphatic rings. The van der Waals surface area contributed by atoms with Gasteiger partial charge in [0.25, 0.3) is 0 Å². The monoisotopic (exact) mass is 262 g/mol. The fraction of sp³-hybridized carbons (Fsp3) is 0.400. The standard InChI is InChI=1S/C15H16ClNO/c1-8-5-9(16)6-13-10-3-2-4-11(15(17)18)14(10)7-12(8)13/h5-6,11H,2-4,7H2,1H3,(H2,17,18)/i6D. The lowest BCUT2D eigenvalue weighted by Gasteiger charge is -2.22. The first-order chi connectivity index (χ1) is 9.00. The topological polar surface area (TPSA) is 43.1 Å². The lowest BCUT2D eigenvalue weighted by atomic mass is 9.82. The number of amides is 1. The van der Waals surface area contributed by atoms with E-state index in [1.54, 1.807) is 0 Å². The van der Waals surface area contributed by atoms with Gasteiger partial charge in [-0.05, 0) is 72.6 Å². The van der Waals surface area contributed by atoms with E-state index in [0.717, 1.165) is 53.5 Å². The highest BCUT2D eigenvalue weighted by Gasteiger charge is 2.33. The van der Waals surface area contributed by atoms with Gasteiger partial charge in [-0.2, -0.15) is 0 Å². The number of carbonyl (C=O) groups excluding carboxylic acids is 1. The van der Waals surface area contributed by atoms with Gasteiger partial charge in [-0.25, -0.2) is 0 Å². The number of allylic oxidation sites excluding steroid dienone is 1. The first-order valence-corrected chi connectivity index (χ1v) is 6.68. The van der Waals surface area contributed by atoms with E-state index in [1.165, 1.54) is 0 Å². The molecule has 1 aromatic carbocycles. The minimum atomic E-state index is -0.240. The van der Waals surface area contributed by atoms with Crippen LogP contribution in [-0.4, -0.2) is 5.91 Å². The molecule has 18 heavy (non-hydrogen) atoms.